The number of urea groups is 4. The molecule has 5 N–H and O–H groups in total. The van der Waals surface area contributed by atoms with Crippen molar-refractivity contribution in [2.45, 2.75) is 143 Å². The molecule has 16 rings (SSSR count). The Hall–Kier alpha value is -12.1. The maximum Gasteiger partial charge on any atom is 0.392 e. The van der Waals surface area contributed by atoms with Crippen molar-refractivity contribution in [3.63, 3.8) is 0 Å². The number of hydrogen-bond donors (Lipinski definition) is 5. The summed E-state index contributed by atoms with van der Waals surface area (Å²) in [7, 11) is 0. The van der Waals surface area contributed by atoms with E-state index < -0.39 is 30.3 Å². The van der Waals surface area contributed by atoms with Crippen LogP contribution in [-0.4, -0.2) is 182 Å². The van der Waals surface area contributed by atoms with Gasteiger partial charge in [0.25, 0.3) is 0 Å². The van der Waals surface area contributed by atoms with Gasteiger partial charge in [0.15, 0.2) is 46.4 Å². The minimum Gasteiger partial charge on any atom is -0.396 e. The smallest absolute Gasteiger partial charge is 0.392 e. The normalized spacial score (nSPS) is 18.3. The lowest BCUT2D eigenvalue weighted by Crippen LogP contribution is -2.48. The zero-order chi connectivity index (χ0) is 81.2. The summed E-state index contributed by atoms with van der Waals surface area (Å²) in [5, 5.41) is 20.7. The van der Waals surface area contributed by atoms with Gasteiger partial charge in [0.05, 0.1) is 52.8 Å². The van der Waals surface area contributed by atoms with E-state index in [4.69, 9.17) is 0 Å². The minimum atomic E-state index is -4.45. The first-order valence-electron chi connectivity index (χ1n) is 39.4. The number of aromatic nitrogens is 8. The van der Waals surface area contributed by atoms with E-state index >= 15 is 0 Å². The van der Waals surface area contributed by atoms with E-state index in [9.17, 15) is 56.6 Å². The molecule has 8 bridgehead atoms. The number of carbonyl (C=O) groups is 8. The van der Waals surface area contributed by atoms with E-state index in [1.165, 1.54) is 17.9 Å². The van der Waals surface area contributed by atoms with Gasteiger partial charge in [0.2, 0.25) is 0 Å². The lowest BCUT2D eigenvalue weighted by molar-refractivity contribution is -0.174. The predicted octanol–water partition coefficient (Wildman–Crippen LogP) is 14.0. The average Bonchev–Trinajstić information content (AvgIpc) is 1.67. The van der Waals surface area contributed by atoms with Crippen LogP contribution in [0.4, 0.5) is 102 Å². The first-order valence-corrected chi connectivity index (χ1v) is 39.4. The highest BCUT2D eigenvalue weighted by Gasteiger charge is 2.46. The molecular formula is C83H95F3N20O9. The van der Waals surface area contributed by atoms with E-state index in [1.54, 1.807) is 118 Å². The fourth-order valence-corrected chi connectivity index (χ4v) is 15.5. The van der Waals surface area contributed by atoms with E-state index in [2.05, 4.69) is 94.6 Å². The van der Waals surface area contributed by atoms with E-state index in [0.717, 1.165) is 101 Å². The summed E-state index contributed by atoms with van der Waals surface area (Å²) >= 11 is 0. The van der Waals surface area contributed by atoms with Crippen LogP contribution < -0.4 is 60.5 Å². The van der Waals surface area contributed by atoms with Gasteiger partial charge in [0, 0.05) is 109 Å². The Morgan fingerprint density at radius 1 is 0.400 bits per heavy atom. The molecule has 602 valence electrons. The number of Topliss-reactive ketones (excluding diaryl/α,β-unsaturated/α-hetero) is 4. The first-order chi connectivity index (χ1) is 55.5. The number of rotatable bonds is 20. The van der Waals surface area contributed by atoms with Gasteiger partial charge >= 0.3 is 30.3 Å². The molecule has 0 spiro atoms. The Morgan fingerprint density at radius 2 is 0.696 bits per heavy atom. The molecule has 16 heterocycles. The Kier molecular flexibility index (Phi) is 25.3. The molecule has 8 aromatic heterocycles. The molecule has 0 unspecified atom stereocenters. The molecular weight excluding hydrogens is 1480 g/mol. The topological polar surface area (TPSA) is 334 Å². The molecule has 8 aliphatic heterocycles. The number of ketones is 4. The van der Waals surface area contributed by atoms with Gasteiger partial charge in [-0.15, -0.1) is 0 Å². The van der Waals surface area contributed by atoms with Crippen LogP contribution >= 0.6 is 0 Å². The summed E-state index contributed by atoms with van der Waals surface area (Å²) < 4.78 is 39.3. The van der Waals surface area contributed by atoms with E-state index in [1.807, 2.05) is 57.2 Å². The SMILES string of the molecule is CC(C)CC(=O)c1ccc2c(n1)N(C(=O)Nc1ccccn1)[C@H]1CCN2C1.CC[C@@H](C)CC(=O)c1ccc2c(n1)N(C(=O)Nc1ccccn1)[C@H]1CCN2C1.CC[C@@H](CO)CC(=O)c1ccc2c(n1)N(C(=O)Nc1ccccn1)[C@H]1CCN2C1.CC[C@H](CC(=O)c1ccc2c(n1)N(C(=O)Nc1ccccn1)[C@H]1CCN2C1)C(F)(F)F. The number of halogens is 3. The number of nitrogens with zero attached hydrogens (tertiary/aromatic N) is 16. The monoisotopic (exact) mass is 1570 g/mol. The molecule has 4 saturated heterocycles. The van der Waals surface area contributed by atoms with E-state index in [-0.39, 0.29) is 102 Å². The van der Waals surface area contributed by atoms with Crippen molar-refractivity contribution in [1.82, 2.24) is 39.9 Å². The zero-order valence-corrected chi connectivity index (χ0v) is 65.1. The van der Waals surface area contributed by atoms with Crippen LogP contribution in [-0.2, 0) is 0 Å². The number of hydrogen-bond acceptors (Lipinski definition) is 21. The summed E-state index contributed by atoms with van der Waals surface area (Å²) in [5.41, 5.74) is 4.46. The maximum absolute atomic E-state index is 13.1. The van der Waals surface area contributed by atoms with Crippen molar-refractivity contribution in [1.29, 1.82) is 0 Å². The highest BCUT2D eigenvalue weighted by atomic mass is 19.4. The molecule has 7 atom stereocenters. The van der Waals surface area contributed by atoms with E-state index in [0.29, 0.717) is 88.8 Å². The maximum atomic E-state index is 13.1. The molecule has 29 nitrogen and oxygen atoms in total. The number of aliphatic hydroxyl groups is 1. The van der Waals surface area contributed by atoms with Crippen molar-refractivity contribution in [2.75, 3.05) is 119 Å². The minimum absolute atomic E-state index is 0.00453. The van der Waals surface area contributed by atoms with Gasteiger partial charge in [-0.2, -0.15) is 13.2 Å². The third kappa shape index (κ3) is 18.6. The molecule has 0 radical (unpaired) electrons. The third-order valence-corrected chi connectivity index (χ3v) is 21.9. The van der Waals surface area contributed by atoms with Crippen LogP contribution in [0.15, 0.2) is 146 Å². The van der Waals surface area contributed by atoms with Crippen LogP contribution in [0.3, 0.4) is 0 Å². The second-order valence-electron chi connectivity index (χ2n) is 30.3. The number of anilines is 12. The molecule has 8 amide bonds. The van der Waals surface area contributed by atoms with Gasteiger partial charge < -0.3 is 24.7 Å². The number of pyridine rings is 8. The molecule has 115 heavy (non-hydrogen) atoms. The van der Waals surface area contributed by atoms with Gasteiger partial charge in [-0.25, -0.2) is 59.0 Å². The van der Waals surface area contributed by atoms with Gasteiger partial charge in [-0.3, -0.25) is 60.0 Å². The van der Waals surface area contributed by atoms with Gasteiger partial charge in [0.1, 0.15) is 46.0 Å². The molecule has 8 aliphatic rings. The number of fused-ring (bicyclic) bond motifs is 16. The number of amides is 8. The van der Waals surface area contributed by atoms with Gasteiger partial charge in [-0.05, 0) is 147 Å². The number of carbonyl (C=O) groups excluding carboxylic acids is 8. The van der Waals surface area contributed by atoms with Crippen LogP contribution in [0.25, 0.3) is 0 Å². The molecule has 0 saturated carbocycles. The number of nitrogens with one attached hydrogen (secondary N) is 4. The average molecular weight is 1570 g/mol. The Morgan fingerprint density at radius 3 is 0.948 bits per heavy atom. The fraction of sp³-hybridized carbons (Fsp3) is 0.422. The number of alkyl halides is 3. The second kappa shape index (κ2) is 35.9. The lowest BCUT2D eigenvalue weighted by Gasteiger charge is -2.35. The summed E-state index contributed by atoms with van der Waals surface area (Å²) in [6.07, 6.45) is 7.30. The summed E-state index contributed by atoms with van der Waals surface area (Å²) in [5.74, 6) is 1.76. The molecule has 0 aliphatic carbocycles. The van der Waals surface area contributed by atoms with Crippen molar-refractivity contribution in [3.8, 4) is 0 Å². The third-order valence-electron chi connectivity index (χ3n) is 21.9. The van der Waals surface area contributed by atoms with Crippen LogP contribution in [0.5, 0.6) is 0 Å². The quantitative estimate of drug-likeness (QED) is 0.0443. The zero-order valence-electron chi connectivity index (χ0n) is 65.1. The second-order valence-corrected chi connectivity index (χ2v) is 30.3. The molecule has 32 heteroatoms. The van der Waals surface area contributed by atoms with Gasteiger partial charge in [-0.1, -0.05) is 78.6 Å². The first kappa shape index (κ1) is 80.9. The standard InChI is InChI=1S/C21H22F3N5O2.C21H25N5O3.C21H25N5O2.C20H23N5O2/c1-2-13(21(22,23)24)11-17(30)15-6-7-16-19(26-15)29(14-8-10-28(16)12-14)20(31)27-18-5-3-4-9-25-18;1-2-14(13-27)11-18(28)16-6-7-17-20(23-16)26(15-8-10-25(17)12-15)21(29)24-19-5-3-4-9-22-19;1-3-14(2)12-18(27)16-7-8-17-20(23-16)26(15-9-11-25(17)13-15)21(28)24-19-6-4-5-10-22-19;1-13(2)11-17(26)15-6-7-16-19(22-15)25(14-8-10-24(16)12-14)20(27)23-18-5-3-4-9-21-18/h3-7,9,13-14H,2,8,10-12H2,1H3,(H,25,27,31);3-7,9,14-15,27H,2,8,10-13H2,1H3,(H,22,24,29);4-8,10,14-15H,3,9,11-13H2,1-2H3,(H,22,24,28);3-7,9,13-14H,8,10-12H2,1-2H3,(H,21,23,27)/t13-,14+;2*14-,15+;14-/m1110/s1. The summed E-state index contributed by atoms with van der Waals surface area (Å²) in [6, 6.07) is 34.0. The largest absolute Gasteiger partial charge is 0.396 e. The highest BCUT2D eigenvalue weighted by molar-refractivity contribution is 6.09. The van der Waals surface area contributed by atoms with Crippen LogP contribution in [0.1, 0.15) is 154 Å². The Balaban J connectivity index is 0.000000134. The van der Waals surface area contributed by atoms with Crippen molar-refractivity contribution in [2.24, 2.45) is 23.7 Å². The molecule has 4 fully saturated rings. The van der Waals surface area contributed by atoms with Crippen molar-refractivity contribution in [3.05, 3.63) is 169 Å². The summed E-state index contributed by atoms with van der Waals surface area (Å²) in [6.45, 7) is 17.8. The summed E-state index contributed by atoms with van der Waals surface area (Å²) in [4.78, 5) is 153. The number of aliphatic hydroxyl groups excluding tert-OH is 1. The molecule has 0 aromatic carbocycles. The molecule has 8 aromatic rings. The lowest BCUT2D eigenvalue weighted by atomic mass is 9.97. The van der Waals surface area contributed by atoms with Crippen LogP contribution in [0, 0.1) is 23.7 Å². The Labute approximate surface area is 664 Å². The highest BCUT2D eigenvalue weighted by Crippen LogP contribution is 2.44. The Bertz CT molecular complexity index is 4840. The predicted molar refractivity (Wildman–Crippen MR) is 433 cm³/mol. The van der Waals surface area contributed by atoms with Crippen molar-refractivity contribution < 1.29 is 56.6 Å². The van der Waals surface area contributed by atoms with Crippen molar-refractivity contribution >= 4 is 117 Å². The fourth-order valence-electron chi connectivity index (χ4n) is 15.5. The van der Waals surface area contributed by atoms with Crippen LogP contribution in [0.2, 0.25) is 0 Å².